The number of phenols is 1. The van der Waals surface area contributed by atoms with Crippen molar-refractivity contribution in [1.29, 1.82) is 0 Å². The van der Waals surface area contributed by atoms with E-state index in [1.54, 1.807) is 18.3 Å². The fourth-order valence-electron chi connectivity index (χ4n) is 1.69. The fourth-order valence-corrected chi connectivity index (χ4v) is 1.69. The Kier molecular flexibility index (Phi) is 3.46. The summed E-state index contributed by atoms with van der Waals surface area (Å²) >= 11 is 0. The zero-order valence-electron chi connectivity index (χ0n) is 9.48. The number of hydrogen-bond donors (Lipinski definition) is 2. The predicted octanol–water partition coefficient (Wildman–Crippen LogP) is 2.77. The second-order valence-corrected chi connectivity index (χ2v) is 3.80. The lowest BCUT2D eigenvalue weighted by Crippen LogP contribution is -2.03. The van der Waals surface area contributed by atoms with Crippen LogP contribution in [-0.4, -0.2) is 16.6 Å². The van der Waals surface area contributed by atoms with Crippen molar-refractivity contribution in [3.05, 3.63) is 30.5 Å². The van der Waals surface area contributed by atoms with Gasteiger partial charge in [0.05, 0.1) is 0 Å². The van der Waals surface area contributed by atoms with Crippen LogP contribution < -0.4 is 5.32 Å². The molecule has 0 saturated heterocycles. The number of nitrogens with one attached hydrogen (secondary N) is 1. The maximum absolute atomic E-state index is 9.48. The summed E-state index contributed by atoms with van der Waals surface area (Å²) in [5.74, 6) is 3.63. The van der Waals surface area contributed by atoms with Crippen LogP contribution in [0.4, 0.5) is 5.82 Å². The number of benzene rings is 1. The molecule has 3 heteroatoms. The van der Waals surface area contributed by atoms with Crippen molar-refractivity contribution in [3.63, 3.8) is 0 Å². The number of nitrogens with zero attached hydrogens (tertiary/aromatic N) is 1. The van der Waals surface area contributed by atoms with Crippen molar-refractivity contribution in [1.82, 2.24) is 4.98 Å². The number of rotatable bonds is 4. The predicted molar refractivity (Wildman–Crippen MR) is 70.0 cm³/mol. The molecule has 2 aromatic rings. The first kappa shape index (κ1) is 11.3. The molecule has 86 valence electrons. The SMILES string of the molecule is C#CCCCNc1nccc2ccc(O)cc12. The van der Waals surface area contributed by atoms with Gasteiger partial charge in [0.15, 0.2) is 0 Å². The van der Waals surface area contributed by atoms with Gasteiger partial charge in [-0.3, -0.25) is 0 Å². The molecule has 1 aromatic carbocycles. The van der Waals surface area contributed by atoms with Crippen molar-refractivity contribution in [2.24, 2.45) is 0 Å². The highest BCUT2D eigenvalue weighted by Crippen LogP contribution is 2.24. The van der Waals surface area contributed by atoms with E-state index in [1.807, 2.05) is 12.1 Å². The number of unbranched alkanes of at least 4 members (excludes halogenated alkanes) is 1. The molecule has 0 amide bonds. The van der Waals surface area contributed by atoms with Crippen LogP contribution in [0.3, 0.4) is 0 Å². The maximum atomic E-state index is 9.48. The lowest BCUT2D eigenvalue weighted by molar-refractivity contribution is 0.476. The minimum Gasteiger partial charge on any atom is -0.508 e. The summed E-state index contributed by atoms with van der Waals surface area (Å²) in [7, 11) is 0. The summed E-state index contributed by atoms with van der Waals surface area (Å²) in [5, 5.41) is 14.7. The summed E-state index contributed by atoms with van der Waals surface area (Å²) < 4.78 is 0. The Labute approximate surface area is 101 Å². The molecule has 0 atom stereocenters. The van der Waals surface area contributed by atoms with E-state index in [2.05, 4.69) is 16.2 Å². The summed E-state index contributed by atoms with van der Waals surface area (Å²) in [5.41, 5.74) is 0. The molecule has 2 rings (SSSR count). The van der Waals surface area contributed by atoms with Crippen LogP contribution in [-0.2, 0) is 0 Å². The molecule has 0 aliphatic rings. The second-order valence-electron chi connectivity index (χ2n) is 3.80. The molecule has 0 aliphatic carbocycles. The largest absolute Gasteiger partial charge is 0.508 e. The summed E-state index contributed by atoms with van der Waals surface area (Å²) in [6.07, 6.45) is 8.61. The third-order valence-electron chi connectivity index (χ3n) is 2.54. The van der Waals surface area contributed by atoms with Crippen molar-refractivity contribution in [2.75, 3.05) is 11.9 Å². The number of aromatic nitrogens is 1. The highest BCUT2D eigenvalue weighted by molar-refractivity contribution is 5.92. The first-order chi connectivity index (χ1) is 8.31. The van der Waals surface area contributed by atoms with E-state index in [4.69, 9.17) is 6.42 Å². The monoisotopic (exact) mass is 226 g/mol. The van der Waals surface area contributed by atoms with Gasteiger partial charge in [-0.1, -0.05) is 6.07 Å². The zero-order chi connectivity index (χ0) is 12.1. The Balaban J connectivity index is 2.22. The molecule has 17 heavy (non-hydrogen) atoms. The van der Waals surface area contributed by atoms with Crippen LogP contribution in [0.15, 0.2) is 30.5 Å². The molecule has 0 saturated carbocycles. The summed E-state index contributed by atoms with van der Waals surface area (Å²) in [6.45, 7) is 0.784. The Hall–Kier alpha value is -2.21. The third kappa shape index (κ3) is 2.67. The van der Waals surface area contributed by atoms with Gasteiger partial charge in [-0.25, -0.2) is 4.98 Å². The molecule has 2 N–H and O–H groups in total. The summed E-state index contributed by atoms with van der Waals surface area (Å²) in [4.78, 5) is 4.27. The van der Waals surface area contributed by atoms with Gasteiger partial charge in [0.2, 0.25) is 0 Å². The summed E-state index contributed by atoms with van der Waals surface area (Å²) in [6, 6.07) is 7.18. The molecule has 0 spiro atoms. The fraction of sp³-hybridized carbons (Fsp3) is 0.214. The van der Waals surface area contributed by atoms with Crippen molar-refractivity contribution < 1.29 is 5.11 Å². The highest BCUT2D eigenvalue weighted by Gasteiger charge is 2.02. The molecule has 3 nitrogen and oxygen atoms in total. The topological polar surface area (TPSA) is 45.2 Å². The molecule has 0 bridgehead atoms. The van der Waals surface area contributed by atoms with Gasteiger partial charge in [0.1, 0.15) is 11.6 Å². The molecule has 0 fully saturated rings. The standard InChI is InChI=1S/C14H14N2O/c1-2-3-4-8-15-14-13-10-12(17)6-5-11(13)7-9-16-14/h1,5-7,9-10,17H,3-4,8H2,(H,15,16). The quantitative estimate of drug-likeness (QED) is 0.622. The second kappa shape index (κ2) is 5.22. The van der Waals surface area contributed by atoms with Gasteiger partial charge in [-0.2, -0.15) is 0 Å². The van der Waals surface area contributed by atoms with E-state index >= 15 is 0 Å². The van der Waals surface area contributed by atoms with Gasteiger partial charge in [0, 0.05) is 24.5 Å². The van der Waals surface area contributed by atoms with Crippen LogP contribution in [0.5, 0.6) is 5.75 Å². The Morgan fingerprint density at radius 2 is 2.24 bits per heavy atom. The first-order valence-corrected chi connectivity index (χ1v) is 5.56. The normalized spacial score (nSPS) is 10.1. The van der Waals surface area contributed by atoms with E-state index in [-0.39, 0.29) is 5.75 Å². The molecule has 1 aromatic heterocycles. The van der Waals surface area contributed by atoms with E-state index in [0.717, 1.165) is 36.0 Å². The van der Waals surface area contributed by atoms with E-state index in [9.17, 15) is 5.11 Å². The van der Waals surface area contributed by atoms with Crippen molar-refractivity contribution >= 4 is 16.6 Å². The third-order valence-corrected chi connectivity index (χ3v) is 2.54. The van der Waals surface area contributed by atoms with Crippen molar-refractivity contribution in [3.8, 4) is 18.1 Å². The Morgan fingerprint density at radius 3 is 3.06 bits per heavy atom. The molecule has 0 aliphatic heterocycles. The van der Waals surface area contributed by atoms with E-state index in [0.29, 0.717) is 0 Å². The van der Waals surface area contributed by atoms with Crippen LogP contribution in [0.25, 0.3) is 10.8 Å². The molecule has 0 unspecified atom stereocenters. The number of fused-ring (bicyclic) bond motifs is 1. The Bertz CT molecular complexity index is 558. The number of phenolic OH excluding ortho intramolecular Hbond substituents is 1. The lowest BCUT2D eigenvalue weighted by atomic mass is 10.1. The number of terminal acetylenes is 1. The van der Waals surface area contributed by atoms with Gasteiger partial charge < -0.3 is 10.4 Å². The molecular formula is C14H14N2O. The van der Waals surface area contributed by atoms with Crippen molar-refractivity contribution in [2.45, 2.75) is 12.8 Å². The van der Waals surface area contributed by atoms with Gasteiger partial charge in [0.25, 0.3) is 0 Å². The van der Waals surface area contributed by atoms with Crippen LogP contribution in [0.2, 0.25) is 0 Å². The number of aromatic hydroxyl groups is 1. The number of anilines is 1. The highest BCUT2D eigenvalue weighted by atomic mass is 16.3. The lowest BCUT2D eigenvalue weighted by Gasteiger charge is -2.08. The Morgan fingerprint density at radius 1 is 1.35 bits per heavy atom. The maximum Gasteiger partial charge on any atom is 0.133 e. The smallest absolute Gasteiger partial charge is 0.133 e. The van der Waals surface area contributed by atoms with Gasteiger partial charge >= 0.3 is 0 Å². The van der Waals surface area contributed by atoms with Crippen LogP contribution in [0.1, 0.15) is 12.8 Å². The minimum absolute atomic E-state index is 0.247. The zero-order valence-corrected chi connectivity index (χ0v) is 9.48. The first-order valence-electron chi connectivity index (χ1n) is 5.56. The van der Waals surface area contributed by atoms with E-state index < -0.39 is 0 Å². The van der Waals surface area contributed by atoms with Gasteiger partial charge in [-0.05, 0) is 30.0 Å². The average Bonchev–Trinajstić information content (AvgIpc) is 2.35. The minimum atomic E-state index is 0.247. The number of hydrogen-bond acceptors (Lipinski definition) is 3. The van der Waals surface area contributed by atoms with Crippen LogP contribution >= 0.6 is 0 Å². The molecular weight excluding hydrogens is 212 g/mol. The van der Waals surface area contributed by atoms with Gasteiger partial charge in [-0.15, -0.1) is 12.3 Å². The molecule has 0 radical (unpaired) electrons. The van der Waals surface area contributed by atoms with E-state index in [1.165, 1.54) is 0 Å². The average molecular weight is 226 g/mol. The van der Waals surface area contributed by atoms with Crippen LogP contribution in [0, 0.1) is 12.3 Å². The molecule has 1 heterocycles. The number of pyridine rings is 1.